The number of benzene rings is 1. The van der Waals surface area contributed by atoms with Gasteiger partial charge in [0.25, 0.3) is 5.91 Å². The topological polar surface area (TPSA) is 73.9 Å². The average molecular weight is 389 g/mol. The molecule has 1 aliphatic rings. The van der Waals surface area contributed by atoms with Crippen LogP contribution in [0.15, 0.2) is 41.8 Å². The van der Waals surface area contributed by atoms with E-state index in [1.54, 1.807) is 35.6 Å². The summed E-state index contributed by atoms with van der Waals surface area (Å²) in [5.74, 6) is -0.204. The Labute approximate surface area is 162 Å². The number of esters is 1. The molecule has 144 valence electrons. The summed E-state index contributed by atoms with van der Waals surface area (Å²) >= 11 is 1.57. The standard InChI is InChI=1S/C20H23NO5S/c1-14(18-5-3-11-27-18)21-19(22)13-26-20(23)15-6-8-16(9-7-15)25-12-17-4-2-10-24-17/h3,5-9,11,14,17H,2,4,10,12-13H2,1H3,(H,21,22). The Kier molecular flexibility index (Phi) is 6.84. The van der Waals surface area contributed by atoms with Crippen molar-refractivity contribution < 1.29 is 23.8 Å². The summed E-state index contributed by atoms with van der Waals surface area (Å²) in [5, 5.41) is 4.75. The fourth-order valence-electron chi connectivity index (χ4n) is 2.76. The first-order valence-electron chi connectivity index (χ1n) is 8.96. The number of carbonyl (C=O) groups is 2. The number of ether oxygens (including phenoxy) is 3. The summed E-state index contributed by atoms with van der Waals surface area (Å²) in [4.78, 5) is 25.1. The molecule has 1 aliphatic heterocycles. The van der Waals surface area contributed by atoms with E-state index in [1.807, 2.05) is 24.4 Å². The minimum atomic E-state index is -0.542. The van der Waals surface area contributed by atoms with Gasteiger partial charge in [0.1, 0.15) is 12.4 Å². The molecule has 0 radical (unpaired) electrons. The third kappa shape index (κ3) is 5.80. The maximum absolute atomic E-state index is 12.1. The van der Waals surface area contributed by atoms with Crippen molar-refractivity contribution in [3.05, 3.63) is 52.2 Å². The number of thiophene rings is 1. The molecule has 1 amide bonds. The fraction of sp³-hybridized carbons (Fsp3) is 0.400. The van der Waals surface area contributed by atoms with Crippen molar-refractivity contribution in [1.29, 1.82) is 0 Å². The highest BCUT2D eigenvalue weighted by Crippen LogP contribution is 2.18. The molecule has 1 aromatic carbocycles. The molecule has 27 heavy (non-hydrogen) atoms. The minimum absolute atomic E-state index is 0.114. The lowest BCUT2D eigenvalue weighted by molar-refractivity contribution is -0.124. The predicted molar refractivity (Wildman–Crippen MR) is 102 cm³/mol. The van der Waals surface area contributed by atoms with Crippen LogP contribution in [-0.4, -0.2) is 37.8 Å². The van der Waals surface area contributed by atoms with Crippen molar-refractivity contribution in [2.75, 3.05) is 19.8 Å². The maximum atomic E-state index is 12.1. The highest BCUT2D eigenvalue weighted by atomic mass is 32.1. The number of rotatable bonds is 8. The molecule has 6 nitrogen and oxygen atoms in total. The van der Waals surface area contributed by atoms with E-state index >= 15 is 0 Å². The van der Waals surface area contributed by atoms with E-state index in [0.29, 0.717) is 17.9 Å². The average Bonchev–Trinajstić information content (AvgIpc) is 3.38. The van der Waals surface area contributed by atoms with Crippen LogP contribution in [-0.2, 0) is 14.3 Å². The Morgan fingerprint density at radius 3 is 2.78 bits per heavy atom. The lowest BCUT2D eigenvalue weighted by Crippen LogP contribution is -2.30. The van der Waals surface area contributed by atoms with Crippen LogP contribution >= 0.6 is 11.3 Å². The summed E-state index contributed by atoms with van der Waals surface area (Å²) in [6.45, 7) is 2.87. The molecule has 2 heterocycles. The van der Waals surface area contributed by atoms with Crippen molar-refractivity contribution in [2.24, 2.45) is 0 Å². The second-order valence-electron chi connectivity index (χ2n) is 6.35. The van der Waals surface area contributed by atoms with Crippen LogP contribution in [0.3, 0.4) is 0 Å². The van der Waals surface area contributed by atoms with E-state index in [1.165, 1.54) is 0 Å². The monoisotopic (exact) mass is 389 g/mol. The van der Waals surface area contributed by atoms with Crippen LogP contribution in [0.4, 0.5) is 0 Å². The third-order valence-electron chi connectivity index (χ3n) is 4.23. The molecule has 0 saturated carbocycles. The van der Waals surface area contributed by atoms with Gasteiger partial charge in [-0.1, -0.05) is 6.07 Å². The van der Waals surface area contributed by atoms with Crippen LogP contribution in [0.25, 0.3) is 0 Å². The number of hydrogen-bond donors (Lipinski definition) is 1. The van der Waals surface area contributed by atoms with Gasteiger partial charge in [-0.25, -0.2) is 4.79 Å². The zero-order valence-electron chi connectivity index (χ0n) is 15.2. The Morgan fingerprint density at radius 1 is 1.30 bits per heavy atom. The molecule has 2 atom stereocenters. The SMILES string of the molecule is CC(NC(=O)COC(=O)c1ccc(OCC2CCCO2)cc1)c1cccs1. The number of hydrogen-bond acceptors (Lipinski definition) is 6. The largest absolute Gasteiger partial charge is 0.491 e. The summed E-state index contributed by atoms with van der Waals surface area (Å²) in [6, 6.07) is 10.4. The molecular formula is C20H23NO5S. The summed E-state index contributed by atoms with van der Waals surface area (Å²) in [7, 11) is 0. The van der Waals surface area contributed by atoms with Gasteiger partial charge in [0.15, 0.2) is 6.61 Å². The fourth-order valence-corrected chi connectivity index (χ4v) is 3.49. The van der Waals surface area contributed by atoms with Gasteiger partial charge in [-0.15, -0.1) is 11.3 Å². The van der Waals surface area contributed by atoms with E-state index in [-0.39, 0.29) is 24.7 Å². The van der Waals surface area contributed by atoms with Crippen LogP contribution in [0, 0.1) is 0 Å². The van der Waals surface area contributed by atoms with Crippen molar-refractivity contribution in [3.8, 4) is 5.75 Å². The Bertz CT molecular complexity index is 738. The molecule has 3 rings (SSSR count). The highest BCUT2D eigenvalue weighted by Gasteiger charge is 2.16. The van der Waals surface area contributed by atoms with Crippen LogP contribution in [0.5, 0.6) is 5.75 Å². The lowest BCUT2D eigenvalue weighted by Gasteiger charge is -2.13. The maximum Gasteiger partial charge on any atom is 0.338 e. The first-order valence-corrected chi connectivity index (χ1v) is 9.84. The van der Waals surface area contributed by atoms with E-state index in [4.69, 9.17) is 14.2 Å². The molecule has 1 saturated heterocycles. The Hall–Kier alpha value is -2.38. The van der Waals surface area contributed by atoms with Gasteiger partial charge in [-0.05, 0) is 55.5 Å². The minimum Gasteiger partial charge on any atom is -0.491 e. The molecule has 1 fully saturated rings. The summed E-state index contributed by atoms with van der Waals surface area (Å²) in [6.07, 6.45) is 2.22. The molecule has 0 bridgehead atoms. The van der Waals surface area contributed by atoms with E-state index in [0.717, 1.165) is 24.3 Å². The van der Waals surface area contributed by atoms with Crippen molar-refractivity contribution in [3.63, 3.8) is 0 Å². The number of amides is 1. The van der Waals surface area contributed by atoms with Gasteiger partial charge >= 0.3 is 5.97 Å². The number of carbonyl (C=O) groups excluding carboxylic acids is 2. The van der Waals surface area contributed by atoms with Crippen molar-refractivity contribution in [1.82, 2.24) is 5.32 Å². The van der Waals surface area contributed by atoms with Gasteiger partial charge < -0.3 is 19.5 Å². The smallest absolute Gasteiger partial charge is 0.338 e. The quantitative estimate of drug-likeness (QED) is 0.701. The molecular weight excluding hydrogens is 366 g/mol. The molecule has 0 aliphatic carbocycles. The first kappa shape index (κ1) is 19.4. The van der Waals surface area contributed by atoms with Crippen molar-refractivity contribution >= 4 is 23.2 Å². The zero-order chi connectivity index (χ0) is 19.1. The van der Waals surface area contributed by atoms with Gasteiger partial charge in [-0.2, -0.15) is 0 Å². The Morgan fingerprint density at radius 2 is 2.11 bits per heavy atom. The predicted octanol–water partition coefficient (Wildman–Crippen LogP) is 3.34. The first-order chi connectivity index (χ1) is 13.1. The van der Waals surface area contributed by atoms with Crippen LogP contribution in [0.2, 0.25) is 0 Å². The lowest BCUT2D eigenvalue weighted by atomic mass is 10.2. The highest BCUT2D eigenvalue weighted by molar-refractivity contribution is 7.10. The zero-order valence-corrected chi connectivity index (χ0v) is 16.0. The van der Waals surface area contributed by atoms with Gasteiger partial charge in [0.2, 0.25) is 0 Å². The molecule has 2 unspecified atom stereocenters. The molecule has 0 spiro atoms. The molecule has 1 N–H and O–H groups in total. The molecule has 1 aromatic heterocycles. The van der Waals surface area contributed by atoms with E-state index < -0.39 is 5.97 Å². The molecule has 7 heteroatoms. The van der Waals surface area contributed by atoms with Gasteiger partial charge in [0.05, 0.1) is 17.7 Å². The summed E-state index contributed by atoms with van der Waals surface area (Å²) < 4.78 is 16.2. The summed E-state index contributed by atoms with van der Waals surface area (Å²) in [5.41, 5.74) is 0.374. The Balaban J connectivity index is 1.41. The van der Waals surface area contributed by atoms with Crippen LogP contribution in [0.1, 0.15) is 41.0 Å². The van der Waals surface area contributed by atoms with E-state index in [9.17, 15) is 9.59 Å². The van der Waals surface area contributed by atoms with Crippen LogP contribution < -0.4 is 10.1 Å². The van der Waals surface area contributed by atoms with Crippen molar-refractivity contribution in [2.45, 2.75) is 31.9 Å². The molecule has 2 aromatic rings. The second-order valence-corrected chi connectivity index (χ2v) is 7.33. The van der Waals surface area contributed by atoms with Gasteiger partial charge in [-0.3, -0.25) is 4.79 Å². The third-order valence-corrected chi connectivity index (χ3v) is 5.29. The normalized spacial score (nSPS) is 17.3. The second kappa shape index (κ2) is 9.53. The van der Waals surface area contributed by atoms with E-state index in [2.05, 4.69) is 5.32 Å². The number of nitrogens with one attached hydrogen (secondary N) is 1. The van der Waals surface area contributed by atoms with Gasteiger partial charge in [0, 0.05) is 11.5 Å².